The maximum atomic E-state index is 5.88. The van der Waals surface area contributed by atoms with Crippen molar-refractivity contribution in [2.45, 2.75) is 38.6 Å². The van der Waals surface area contributed by atoms with Crippen molar-refractivity contribution in [3.05, 3.63) is 11.7 Å². The Morgan fingerprint density at radius 1 is 1.46 bits per heavy atom. The maximum absolute atomic E-state index is 5.88. The highest BCUT2D eigenvalue weighted by molar-refractivity contribution is 5.04. The van der Waals surface area contributed by atoms with E-state index in [1.54, 1.807) is 0 Å². The number of rotatable bonds is 3. The predicted octanol–water partition coefficient (Wildman–Crippen LogP) is 1.60. The van der Waals surface area contributed by atoms with Crippen molar-refractivity contribution in [2.75, 3.05) is 0 Å². The number of nitrogens with two attached hydrogens (primary N) is 1. The van der Waals surface area contributed by atoms with Gasteiger partial charge in [-0.15, -0.1) is 0 Å². The molecule has 1 aliphatic carbocycles. The van der Waals surface area contributed by atoms with Crippen molar-refractivity contribution in [2.24, 2.45) is 11.7 Å². The molecule has 1 saturated carbocycles. The summed E-state index contributed by atoms with van der Waals surface area (Å²) in [4.78, 5) is 4.29. The molecule has 4 nitrogen and oxygen atoms in total. The van der Waals surface area contributed by atoms with E-state index in [9.17, 15) is 0 Å². The SMILES string of the molecule is CC(C)C(N)c1nc(C2CC2)no1. The Hall–Kier alpha value is -0.900. The Morgan fingerprint density at radius 2 is 2.15 bits per heavy atom. The van der Waals surface area contributed by atoms with Gasteiger partial charge in [-0.05, 0) is 18.8 Å². The van der Waals surface area contributed by atoms with Crippen LogP contribution in [0.25, 0.3) is 0 Å². The molecule has 1 aliphatic rings. The van der Waals surface area contributed by atoms with Crippen LogP contribution in [-0.4, -0.2) is 10.1 Å². The number of nitrogens with zero attached hydrogens (tertiary/aromatic N) is 2. The zero-order chi connectivity index (χ0) is 9.42. The summed E-state index contributed by atoms with van der Waals surface area (Å²) in [5.41, 5.74) is 5.88. The van der Waals surface area contributed by atoms with Gasteiger partial charge in [-0.2, -0.15) is 4.98 Å². The summed E-state index contributed by atoms with van der Waals surface area (Å²) in [5.74, 6) is 2.30. The van der Waals surface area contributed by atoms with Gasteiger partial charge in [0.1, 0.15) is 0 Å². The minimum atomic E-state index is -0.125. The van der Waals surface area contributed by atoms with Crippen LogP contribution < -0.4 is 5.73 Å². The fourth-order valence-electron chi connectivity index (χ4n) is 1.18. The van der Waals surface area contributed by atoms with Gasteiger partial charge in [-0.1, -0.05) is 19.0 Å². The molecule has 4 heteroatoms. The second-order valence-corrected chi connectivity index (χ2v) is 4.03. The average Bonchev–Trinajstić information content (AvgIpc) is 2.83. The van der Waals surface area contributed by atoms with Gasteiger partial charge in [-0.3, -0.25) is 0 Å². The molecular formula is C9H15N3O. The Labute approximate surface area is 77.5 Å². The van der Waals surface area contributed by atoms with Crippen LogP contribution >= 0.6 is 0 Å². The monoisotopic (exact) mass is 181 g/mol. The molecule has 0 amide bonds. The first-order valence-electron chi connectivity index (χ1n) is 4.77. The maximum Gasteiger partial charge on any atom is 0.243 e. The first-order chi connectivity index (χ1) is 6.18. The normalized spacial score (nSPS) is 19.4. The van der Waals surface area contributed by atoms with E-state index in [1.165, 1.54) is 12.8 Å². The van der Waals surface area contributed by atoms with Gasteiger partial charge >= 0.3 is 0 Å². The van der Waals surface area contributed by atoms with E-state index in [4.69, 9.17) is 10.3 Å². The standard InChI is InChI=1S/C9H15N3O/c1-5(2)7(10)9-11-8(12-13-9)6-3-4-6/h5-7H,3-4,10H2,1-2H3. The lowest BCUT2D eigenvalue weighted by Gasteiger charge is -2.09. The molecule has 0 saturated heterocycles. The van der Waals surface area contributed by atoms with Crippen LogP contribution in [0.15, 0.2) is 4.52 Å². The molecule has 2 rings (SSSR count). The number of aromatic nitrogens is 2. The highest BCUT2D eigenvalue weighted by Crippen LogP contribution is 2.38. The molecule has 1 fully saturated rings. The first-order valence-corrected chi connectivity index (χ1v) is 4.77. The molecule has 0 aliphatic heterocycles. The summed E-state index contributed by atoms with van der Waals surface area (Å²) in [6.07, 6.45) is 2.38. The van der Waals surface area contributed by atoms with Crippen LogP contribution in [0.5, 0.6) is 0 Å². The van der Waals surface area contributed by atoms with E-state index in [0.717, 1.165) is 5.82 Å². The lowest BCUT2D eigenvalue weighted by atomic mass is 10.1. The summed E-state index contributed by atoms with van der Waals surface area (Å²) in [5, 5.41) is 3.92. The average molecular weight is 181 g/mol. The molecule has 1 heterocycles. The van der Waals surface area contributed by atoms with Crippen LogP contribution in [0.2, 0.25) is 0 Å². The van der Waals surface area contributed by atoms with Gasteiger partial charge in [0.05, 0.1) is 6.04 Å². The third kappa shape index (κ3) is 1.72. The van der Waals surface area contributed by atoms with Crippen molar-refractivity contribution < 1.29 is 4.52 Å². The topological polar surface area (TPSA) is 64.9 Å². The van der Waals surface area contributed by atoms with E-state index in [2.05, 4.69) is 10.1 Å². The molecule has 1 unspecified atom stereocenters. The van der Waals surface area contributed by atoms with E-state index in [1.807, 2.05) is 13.8 Å². The zero-order valence-electron chi connectivity index (χ0n) is 8.03. The summed E-state index contributed by atoms with van der Waals surface area (Å²) >= 11 is 0. The highest BCUT2D eigenvalue weighted by Gasteiger charge is 2.30. The Balaban J connectivity index is 2.11. The second-order valence-electron chi connectivity index (χ2n) is 4.03. The van der Waals surface area contributed by atoms with Crippen LogP contribution in [-0.2, 0) is 0 Å². The van der Waals surface area contributed by atoms with E-state index in [-0.39, 0.29) is 6.04 Å². The minimum Gasteiger partial charge on any atom is -0.338 e. The molecule has 2 N–H and O–H groups in total. The van der Waals surface area contributed by atoms with Gasteiger partial charge in [0.2, 0.25) is 5.89 Å². The molecule has 0 radical (unpaired) electrons. The van der Waals surface area contributed by atoms with Crippen molar-refractivity contribution in [1.82, 2.24) is 10.1 Å². The van der Waals surface area contributed by atoms with Gasteiger partial charge in [0.15, 0.2) is 5.82 Å². The second kappa shape index (κ2) is 3.10. The van der Waals surface area contributed by atoms with Crippen molar-refractivity contribution >= 4 is 0 Å². The third-order valence-electron chi connectivity index (χ3n) is 2.40. The molecule has 0 bridgehead atoms. The highest BCUT2D eigenvalue weighted by atomic mass is 16.5. The van der Waals surface area contributed by atoms with Crippen LogP contribution in [0.1, 0.15) is 50.4 Å². The fraction of sp³-hybridized carbons (Fsp3) is 0.778. The molecule has 1 aromatic heterocycles. The van der Waals surface area contributed by atoms with Crippen molar-refractivity contribution in [3.63, 3.8) is 0 Å². The van der Waals surface area contributed by atoms with Crippen LogP contribution in [0, 0.1) is 5.92 Å². The lowest BCUT2D eigenvalue weighted by molar-refractivity contribution is 0.322. The Morgan fingerprint density at radius 3 is 2.69 bits per heavy atom. The molecule has 1 aromatic rings. The van der Waals surface area contributed by atoms with E-state index >= 15 is 0 Å². The molecule has 0 spiro atoms. The number of hydrogen-bond donors (Lipinski definition) is 1. The molecule has 72 valence electrons. The van der Waals surface area contributed by atoms with Gasteiger partial charge in [-0.25, -0.2) is 0 Å². The van der Waals surface area contributed by atoms with Crippen LogP contribution in [0.4, 0.5) is 0 Å². The smallest absolute Gasteiger partial charge is 0.243 e. The zero-order valence-corrected chi connectivity index (χ0v) is 8.03. The number of hydrogen-bond acceptors (Lipinski definition) is 4. The fourth-order valence-corrected chi connectivity index (χ4v) is 1.18. The van der Waals surface area contributed by atoms with Gasteiger partial charge < -0.3 is 10.3 Å². The Bertz CT molecular complexity index is 291. The quantitative estimate of drug-likeness (QED) is 0.769. The first kappa shape index (κ1) is 8.69. The predicted molar refractivity (Wildman–Crippen MR) is 48.0 cm³/mol. The van der Waals surface area contributed by atoms with E-state index < -0.39 is 0 Å². The third-order valence-corrected chi connectivity index (χ3v) is 2.40. The molecule has 13 heavy (non-hydrogen) atoms. The summed E-state index contributed by atoms with van der Waals surface area (Å²) < 4.78 is 5.10. The van der Waals surface area contributed by atoms with Gasteiger partial charge in [0.25, 0.3) is 0 Å². The lowest BCUT2D eigenvalue weighted by Crippen LogP contribution is -2.17. The minimum absolute atomic E-state index is 0.125. The molecule has 1 atom stereocenters. The molecular weight excluding hydrogens is 166 g/mol. The van der Waals surface area contributed by atoms with Crippen LogP contribution in [0.3, 0.4) is 0 Å². The summed E-state index contributed by atoms with van der Waals surface area (Å²) in [6, 6.07) is -0.125. The molecule has 0 aromatic carbocycles. The van der Waals surface area contributed by atoms with Crippen molar-refractivity contribution in [1.29, 1.82) is 0 Å². The van der Waals surface area contributed by atoms with E-state index in [0.29, 0.717) is 17.7 Å². The van der Waals surface area contributed by atoms with Crippen molar-refractivity contribution in [3.8, 4) is 0 Å². The Kier molecular flexibility index (Phi) is 2.07. The summed E-state index contributed by atoms with van der Waals surface area (Å²) in [7, 11) is 0. The largest absolute Gasteiger partial charge is 0.338 e. The summed E-state index contributed by atoms with van der Waals surface area (Å²) in [6.45, 7) is 4.09. The van der Waals surface area contributed by atoms with Gasteiger partial charge in [0, 0.05) is 5.92 Å².